The molecule has 0 aromatic heterocycles. The quantitative estimate of drug-likeness (QED) is 0.842. The van der Waals surface area contributed by atoms with E-state index in [4.69, 9.17) is 10.5 Å². The van der Waals surface area contributed by atoms with Gasteiger partial charge in [-0.15, -0.1) is 24.8 Å². The first-order valence-corrected chi connectivity index (χ1v) is 7.31. The second-order valence-corrected chi connectivity index (χ2v) is 6.42. The molecule has 3 nitrogen and oxygen atoms in total. The molecule has 21 heavy (non-hydrogen) atoms. The van der Waals surface area contributed by atoms with Gasteiger partial charge in [-0.05, 0) is 51.6 Å². The fourth-order valence-corrected chi connectivity index (χ4v) is 3.76. The number of fused-ring (bicyclic) bond motifs is 1. The van der Waals surface area contributed by atoms with Crippen molar-refractivity contribution in [1.82, 2.24) is 4.90 Å². The van der Waals surface area contributed by atoms with Crippen molar-refractivity contribution in [1.29, 1.82) is 0 Å². The second-order valence-electron chi connectivity index (χ2n) is 6.42. The number of halogens is 2. The monoisotopic (exact) mass is 332 g/mol. The maximum atomic E-state index is 6.42. The predicted molar refractivity (Wildman–Crippen MR) is 92.9 cm³/mol. The molecule has 3 rings (SSSR count). The fourth-order valence-electron chi connectivity index (χ4n) is 3.76. The number of hydrogen-bond acceptors (Lipinski definition) is 3. The number of nitrogens with zero attached hydrogens (tertiary/aromatic N) is 1. The smallest absolute Gasteiger partial charge is 0.123 e. The molecule has 120 valence electrons. The second kappa shape index (κ2) is 7.08. The van der Waals surface area contributed by atoms with Crippen molar-refractivity contribution in [3.8, 4) is 5.75 Å². The van der Waals surface area contributed by atoms with E-state index in [1.54, 1.807) is 0 Å². The summed E-state index contributed by atoms with van der Waals surface area (Å²) in [7, 11) is 4.31. The molecular formula is C16H26Cl2N2O. The zero-order chi connectivity index (χ0) is 13.5. The lowest BCUT2D eigenvalue weighted by Crippen LogP contribution is -2.48. The van der Waals surface area contributed by atoms with Crippen LogP contribution >= 0.6 is 24.8 Å². The van der Waals surface area contributed by atoms with Crippen LogP contribution in [0, 0.1) is 5.92 Å². The summed E-state index contributed by atoms with van der Waals surface area (Å²) in [5.74, 6) is 1.68. The molecule has 5 heteroatoms. The molecule has 0 amide bonds. The summed E-state index contributed by atoms with van der Waals surface area (Å²) in [5, 5.41) is 0. The summed E-state index contributed by atoms with van der Waals surface area (Å²) in [6.45, 7) is 1.11. The summed E-state index contributed by atoms with van der Waals surface area (Å²) in [4.78, 5) is 2.29. The van der Waals surface area contributed by atoms with Gasteiger partial charge in [-0.3, -0.25) is 0 Å². The lowest BCUT2D eigenvalue weighted by Gasteiger charge is -2.41. The van der Waals surface area contributed by atoms with Gasteiger partial charge in [-0.2, -0.15) is 0 Å². The third kappa shape index (κ3) is 3.58. The normalized spacial score (nSPS) is 26.7. The first kappa shape index (κ1) is 18.4. The number of anilines is 1. The van der Waals surface area contributed by atoms with E-state index < -0.39 is 0 Å². The zero-order valence-electron chi connectivity index (χ0n) is 12.8. The summed E-state index contributed by atoms with van der Waals surface area (Å²) in [6, 6.07) is 6.08. The fraction of sp³-hybridized carbons (Fsp3) is 0.625. The van der Waals surface area contributed by atoms with Gasteiger partial charge in [0.05, 0.1) is 0 Å². The van der Waals surface area contributed by atoms with Crippen LogP contribution in [0.25, 0.3) is 0 Å². The van der Waals surface area contributed by atoms with E-state index in [1.807, 2.05) is 12.1 Å². The van der Waals surface area contributed by atoms with Gasteiger partial charge in [0.25, 0.3) is 0 Å². The van der Waals surface area contributed by atoms with Crippen LogP contribution in [0.2, 0.25) is 0 Å². The van der Waals surface area contributed by atoms with Crippen molar-refractivity contribution in [3.63, 3.8) is 0 Å². The maximum absolute atomic E-state index is 6.42. The molecule has 0 saturated heterocycles. The number of nitrogen functional groups attached to an aromatic ring is 1. The van der Waals surface area contributed by atoms with Crippen LogP contribution in [0.15, 0.2) is 18.2 Å². The molecule has 0 radical (unpaired) electrons. The Balaban J connectivity index is 0.00000110. The van der Waals surface area contributed by atoms with Gasteiger partial charge in [0, 0.05) is 30.1 Å². The van der Waals surface area contributed by atoms with Gasteiger partial charge in [0.1, 0.15) is 11.4 Å². The minimum absolute atomic E-state index is 0. The Morgan fingerprint density at radius 3 is 2.76 bits per heavy atom. The molecule has 1 spiro atoms. The Labute approximate surface area is 140 Å². The highest BCUT2D eigenvalue weighted by Gasteiger charge is 2.47. The van der Waals surface area contributed by atoms with Crippen molar-refractivity contribution in [2.45, 2.75) is 37.7 Å². The molecule has 1 aliphatic heterocycles. The van der Waals surface area contributed by atoms with E-state index in [0.29, 0.717) is 5.92 Å². The Bertz CT molecular complexity index is 481. The van der Waals surface area contributed by atoms with Crippen LogP contribution in [-0.4, -0.2) is 31.1 Å². The van der Waals surface area contributed by atoms with E-state index in [0.717, 1.165) is 24.4 Å². The van der Waals surface area contributed by atoms with Gasteiger partial charge < -0.3 is 15.4 Å². The van der Waals surface area contributed by atoms with Crippen molar-refractivity contribution >= 4 is 30.5 Å². The first-order chi connectivity index (χ1) is 9.09. The zero-order valence-corrected chi connectivity index (χ0v) is 14.4. The molecule has 1 saturated carbocycles. The molecule has 2 unspecified atom stereocenters. The lowest BCUT2D eigenvalue weighted by molar-refractivity contribution is -0.0150. The molecule has 1 aliphatic carbocycles. The van der Waals surface area contributed by atoms with Crippen LogP contribution in [0.5, 0.6) is 5.75 Å². The van der Waals surface area contributed by atoms with Gasteiger partial charge in [0.15, 0.2) is 0 Å². The average molecular weight is 333 g/mol. The minimum Gasteiger partial charge on any atom is -0.486 e. The van der Waals surface area contributed by atoms with Gasteiger partial charge in [-0.1, -0.05) is 6.42 Å². The Morgan fingerprint density at radius 1 is 1.29 bits per heavy atom. The van der Waals surface area contributed by atoms with E-state index in [2.05, 4.69) is 25.1 Å². The summed E-state index contributed by atoms with van der Waals surface area (Å²) in [6.07, 6.45) is 6.11. The molecule has 2 aliphatic rings. The summed E-state index contributed by atoms with van der Waals surface area (Å²) in [5.41, 5.74) is 8.07. The maximum Gasteiger partial charge on any atom is 0.123 e. The van der Waals surface area contributed by atoms with Crippen LogP contribution in [0.3, 0.4) is 0 Å². The van der Waals surface area contributed by atoms with E-state index in [-0.39, 0.29) is 30.4 Å². The van der Waals surface area contributed by atoms with Gasteiger partial charge in [0.2, 0.25) is 0 Å². The van der Waals surface area contributed by atoms with Crippen molar-refractivity contribution in [2.24, 2.45) is 5.92 Å². The minimum atomic E-state index is 0. The largest absolute Gasteiger partial charge is 0.486 e. The Kier molecular flexibility index (Phi) is 6.21. The molecule has 1 fully saturated rings. The van der Waals surface area contributed by atoms with E-state index >= 15 is 0 Å². The van der Waals surface area contributed by atoms with Crippen molar-refractivity contribution < 1.29 is 4.74 Å². The van der Waals surface area contributed by atoms with Crippen LogP contribution in [0.4, 0.5) is 5.69 Å². The number of rotatable bonds is 2. The molecular weight excluding hydrogens is 307 g/mol. The Morgan fingerprint density at radius 2 is 2.05 bits per heavy atom. The first-order valence-electron chi connectivity index (χ1n) is 7.31. The highest BCUT2D eigenvalue weighted by molar-refractivity contribution is 5.85. The summed E-state index contributed by atoms with van der Waals surface area (Å²) >= 11 is 0. The number of ether oxygens (including phenoxy) is 1. The summed E-state index contributed by atoms with van der Waals surface area (Å²) < 4.78 is 6.42. The molecule has 0 bridgehead atoms. The molecule has 2 N–H and O–H groups in total. The highest BCUT2D eigenvalue weighted by atomic mass is 35.5. The van der Waals surface area contributed by atoms with Crippen LogP contribution < -0.4 is 10.5 Å². The molecule has 1 aromatic rings. The van der Waals surface area contributed by atoms with Crippen molar-refractivity contribution in [3.05, 3.63) is 23.8 Å². The topological polar surface area (TPSA) is 38.5 Å². The van der Waals surface area contributed by atoms with E-state index in [1.165, 1.54) is 31.2 Å². The SMILES string of the molecule is CN(C)CC1CCCCC12Cc1cc(N)ccc1O2.Cl.Cl. The average Bonchev–Trinajstić information content (AvgIpc) is 2.70. The third-order valence-electron chi connectivity index (χ3n) is 4.62. The highest BCUT2D eigenvalue weighted by Crippen LogP contribution is 2.47. The van der Waals surface area contributed by atoms with Crippen LogP contribution in [0.1, 0.15) is 31.2 Å². The van der Waals surface area contributed by atoms with Crippen LogP contribution in [-0.2, 0) is 6.42 Å². The van der Waals surface area contributed by atoms with Gasteiger partial charge >= 0.3 is 0 Å². The van der Waals surface area contributed by atoms with Crippen molar-refractivity contribution in [2.75, 3.05) is 26.4 Å². The van der Waals surface area contributed by atoms with Gasteiger partial charge in [-0.25, -0.2) is 0 Å². The molecule has 1 heterocycles. The van der Waals surface area contributed by atoms with E-state index in [9.17, 15) is 0 Å². The number of nitrogens with two attached hydrogens (primary N) is 1. The molecule has 1 aromatic carbocycles. The number of hydrogen-bond donors (Lipinski definition) is 1. The predicted octanol–water partition coefficient (Wildman–Crippen LogP) is 3.54. The lowest BCUT2D eigenvalue weighted by atomic mass is 9.73. The standard InChI is InChI=1S/C16H24N2O.2ClH/c1-18(2)11-13-5-3-4-8-16(13)10-12-9-14(17)6-7-15(12)19-16;;/h6-7,9,13H,3-5,8,10-11,17H2,1-2H3;2*1H. The third-order valence-corrected chi connectivity index (χ3v) is 4.62. The number of benzene rings is 1. The Hall–Kier alpha value is -0.640. The molecule has 2 atom stereocenters.